The summed E-state index contributed by atoms with van der Waals surface area (Å²) in [6.45, 7) is 1.44. The SMILES string of the molecule is Cc1cccc(NS(=O)(=O)c2ccc(Br)c(C(F)(F)F)c2)c1F. The van der Waals surface area contributed by atoms with Crippen molar-refractivity contribution in [3.63, 3.8) is 0 Å². The molecule has 0 aliphatic rings. The number of benzene rings is 2. The van der Waals surface area contributed by atoms with Crippen LogP contribution in [0.2, 0.25) is 0 Å². The summed E-state index contributed by atoms with van der Waals surface area (Å²) in [6, 6.07) is 6.51. The minimum atomic E-state index is -4.72. The van der Waals surface area contributed by atoms with E-state index in [1.54, 1.807) is 0 Å². The van der Waals surface area contributed by atoms with Crippen LogP contribution in [-0.4, -0.2) is 8.42 Å². The van der Waals surface area contributed by atoms with E-state index in [2.05, 4.69) is 15.9 Å². The van der Waals surface area contributed by atoms with Gasteiger partial charge in [-0.05, 0) is 36.8 Å². The van der Waals surface area contributed by atoms with Gasteiger partial charge in [0.15, 0.2) is 0 Å². The smallest absolute Gasteiger partial charge is 0.277 e. The fraction of sp³-hybridized carbons (Fsp3) is 0.143. The molecule has 0 amide bonds. The van der Waals surface area contributed by atoms with Crippen molar-refractivity contribution in [1.29, 1.82) is 0 Å². The second kappa shape index (κ2) is 6.12. The van der Waals surface area contributed by atoms with Crippen molar-refractivity contribution in [3.8, 4) is 0 Å². The van der Waals surface area contributed by atoms with Gasteiger partial charge in [0.2, 0.25) is 0 Å². The lowest BCUT2D eigenvalue weighted by molar-refractivity contribution is -0.138. The van der Waals surface area contributed by atoms with Crippen molar-refractivity contribution >= 4 is 31.6 Å². The molecule has 2 aromatic carbocycles. The van der Waals surface area contributed by atoms with Crippen LogP contribution in [0.4, 0.5) is 23.2 Å². The average molecular weight is 412 g/mol. The summed E-state index contributed by atoms with van der Waals surface area (Å²) in [5.41, 5.74) is -1.26. The summed E-state index contributed by atoms with van der Waals surface area (Å²) in [5, 5.41) is 0. The van der Waals surface area contributed by atoms with Gasteiger partial charge in [-0.1, -0.05) is 28.1 Å². The molecule has 0 fully saturated rings. The quantitative estimate of drug-likeness (QED) is 0.742. The topological polar surface area (TPSA) is 46.2 Å². The Morgan fingerprint density at radius 3 is 2.39 bits per heavy atom. The highest BCUT2D eigenvalue weighted by atomic mass is 79.9. The van der Waals surface area contributed by atoms with Crippen LogP contribution >= 0.6 is 15.9 Å². The first-order chi connectivity index (χ1) is 10.5. The maximum Gasteiger partial charge on any atom is 0.417 e. The lowest BCUT2D eigenvalue weighted by Crippen LogP contribution is -2.16. The number of halogens is 5. The van der Waals surface area contributed by atoms with E-state index in [-0.39, 0.29) is 15.7 Å². The van der Waals surface area contributed by atoms with Crippen molar-refractivity contribution in [2.75, 3.05) is 4.72 Å². The van der Waals surface area contributed by atoms with E-state index in [4.69, 9.17) is 0 Å². The van der Waals surface area contributed by atoms with Crippen LogP contribution in [0.1, 0.15) is 11.1 Å². The molecule has 2 rings (SSSR count). The highest BCUT2D eigenvalue weighted by Gasteiger charge is 2.34. The summed E-state index contributed by atoms with van der Waals surface area (Å²) >= 11 is 2.73. The molecule has 0 heterocycles. The Labute approximate surface area is 138 Å². The van der Waals surface area contributed by atoms with Crippen LogP contribution in [0.15, 0.2) is 45.8 Å². The molecule has 2 aromatic rings. The molecule has 124 valence electrons. The molecule has 23 heavy (non-hydrogen) atoms. The fourth-order valence-corrected chi connectivity index (χ4v) is 3.38. The monoisotopic (exact) mass is 411 g/mol. The predicted octanol–water partition coefficient (Wildman–Crippen LogP) is 4.72. The zero-order valence-electron chi connectivity index (χ0n) is 11.6. The number of alkyl halides is 3. The first-order valence-corrected chi connectivity index (χ1v) is 8.44. The Hall–Kier alpha value is -1.61. The van der Waals surface area contributed by atoms with Gasteiger partial charge in [0.05, 0.1) is 16.1 Å². The van der Waals surface area contributed by atoms with Crippen molar-refractivity contribution < 1.29 is 26.0 Å². The van der Waals surface area contributed by atoms with Gasteiger partial charge >= 0.3 is 6.18 Å². The summed E-state index contributed by atoms with van der Waals surface area (Å²) in [6.07, 6.45) is -4.72. The van der Waals surface area contributed by atoms with Gasteiger partial charge in [0.1, 0.15) is 5.82 Å². The first kappa shape index (κ1) is 17.7. The van der Waals surface area contributed by atoms with E-state index in [0.717, 1.165) is 12.1 Å². The van der Waals surface area contributed by atoms with Gasteiger partial charge < -0.3 is 0 Å². The highest BCUT2D eigenvalue weighted by molar-refractivity contribution is 9.10. The lowest BCUT2D eigenvalue weighted by atomic mass is 10.2. The minimum absolute atomic E-state index is 0.206. The van der Waals surface area contributed by atoms with Gasteiger partial charge in [0, 0.05) is 4.47 Å². The minimum Gasteiger partial charge on any atom is -0.277 e. The Bertz CT molecular complexity index is 850. The third-order valence-corrected chi connectivity index (χ3v) is 5.04. The number of anilines is 1. The van der Waals surface area contributed by atoms with Crippen LogP contribution in [0, 0.1) is 12.7 Å². The fourth-order valence-electron chi connectivity index (χ4n) is 1.82. The van der Waals surface area contributed by atoms with Crippen LogP contribution in [0.5, 0.6) is 0 Å². The predicted molar refractivity (Wildman–Crippen MR) is 81.1 cm³/mol. The van der Waals surface area contributed by atoms with Gasteiger partial charge in [-0.3, -0.25) is 4.72 Å². The summed E-state index contributed by atoms with van der Waals surface area (Å²) in [5.74, 6) is -0.788. The summed E-state index contributed by atoms with van der Waals surface area (Å²) in [7, 11) is -4.36. The normalized spacial score (nSPS) is 12.3. The molecular formula is C14H10BrF4NO2S. The second-order valence-electron chi connectivity index (χ2n) is 4.68. The van der Waals surface area contributed by atoms with Gasteiger partial charge in [-0.25, -0.2) is 12.8 Å². The molecule has 9 heteroatoms. The summed E-state index contributed by atoms with van der Waals surface area (Å²) in [4.78, 5) is -0.617. The van der Waals surface area contributed by atoms with Crippen molar-refractivity contribution in [2.45, 2.75) is 18.0 Å². The van der Waals surface area contributed by atoms with Crippen molar-refractivity contribution in [3.05, 3.63) is 57.8 Å². The zero-order valence-corrected chi connectivity index (χ0v) is 14.0. The van der Waals surface area contributed by atoms with Crippen molar-refractivity contribution in [1.82, 2.24) is 0 Å². The lowest BCUT2D eigenvalue weighted by Gasteiger charge is -2.13. The van der Waals surface area contributed by atoms with Gasteiger partial charge in [-0.2, -0.15) is 13.2 Å². The summed E-state index contributed by atoms with van der Waals surface area (Å²) < 4.78 is 78.5. The molecule has 0 aromatic heterocycles. The van der Waals surface area contributed by atoms with Crippen molar-refractivity contribution in [2.24, 2.45) is 0 Å². The molecule has 0 aliphatic heterocycles. The van der Waals surface area contributed by atoms with E-state index < -0.39 is 32.5 Å². The van der Waals surface area contributed by atoms with E-state index in [1.165, 1.54) is 25.1 Å². The average Bonchev–Trinajstić information content (AvgIpc) is 2.42. The van der Waals surface area contributed by atoms with Crippen LogP contribution in [-0.2, 0) is 16.2 Å². The second-order valence-corrected chi connectivity index (χ2v) is 7.22. The zero-order chi connectivity index (χ0) is 17.4. The van der Waals surface area contributed by atoms with Gasteiger partial charge in [0.25, 0.3) is 10.0 Å². The molecule has 0 atom stereocenters. The Morgan fingerprint density at radius 1 is 1.13 bits per heavy atom. The molecule has 1 N–H and O–H groups in total. The number of nitrogens with one attached hydrogen (secondary N) is 1. The van der Waals surface area contributed by atoms with Crippen LogP contribution < -0.4 is 4.72 Å². The maximum absolute atomic E-state index is 13.9. The largest absolute Gasteiger partial charge is 0.417 e. The van der Waals surface area contributed by atoms with E-state index >= 15 is 0 Å². The number of sulfonamides is 1. The Kier molecular flexibility index (Phi) is 4.72. The number of aryl methyl sites for hydroxylation is 1. The number of hydrogen-bond donors (Lipinski definition) is 1. The van der Waals surface area contributed by atoms with Crippen LogP contribution in [0.25, 0.3) is 0 Å². The molecule has 0 radical (unpaired) electrons. The van der Waals surface area contributed by atoms with E-state index in [1.807, 2.05) is 4.72 Å². The molecule has 0 aliphatic carbocycles. The molecule has 0 saturated carbocycles. The van der Waals surface area contributed by atoms with E-state index in [0.29, 0.717) is 6.07 Å². The standard InChI is InChI=1S/C14H10BrF4NO2S/c1-8-3-2-4-12(13(8)16)20-23(21,22)9-5-6-11(15)10(7-9)14(17,18)19/h2-7,20H,1H3. The third kappa shape index (κ3) is 3.84. The molecule has 0 spiro atoms. The molecular weight excluding hydrogens is 402 g/mol. The number of hydrogen-bond acceptors (Lipinski definition) is 2. The molecule has 3 nitrogen and oxygen atoms in total. The maximum atomic E-state index is 13.9. The Morgan fingerprint density at radius 2 is 1.78 bits per heavy atom. The van der Waals surface area contributed by atoms with Crippen LogP contribution in [0.3, 0.4) is 0 Å². The Balaban J connectivity index is 2.47. The van der Waals surface area contributed by atoms with E-state index in [9.17, 15) is 26.0 Å². The molecule has 0 saturated heterocycles. The number of rotatable bonds is 3. The third-order valence-electron chi connectivity index (χ3n) is 2.99. The first-order valence-electron chi connectivity index (χ1n) is 6.17. The van der Waals surface area contributed by atoms with Gasteiger partial charge in [-0.15, -0.1) is 0 Å². The molecule has 0 unspecified atom stereocenters. The highest BCUT2D eigenvalue weighted by Crippen LogP contribution is 2.36. The molecule has 0 bridgehead atoms.